The van der Waals surface area contributed by atoms with E-state index < -0.39 is 0 Å². The second-order valence-corrected chi connectivity index (χ2v) is 5.13. The van der Waals surface area contributed by atoms with Gasteiger partial charge in [0.05, 0.1) is 6.04 Å². The largest absolute Gasteiger partial charge is 0.370 e. The average Bonchev–Trinajstić information content (AvgIpc) is 2.91. The summed E-state index contributed by atoms with van der Waals surface area (Å²) in [7, 11) is 0. The SMILES string of the molecule is CC1CC1N=C(N)NC1CCCCCC1. The van der Waals surface area contributed by atoms with Gasteiger partial charge >= 0.3 is 0 Å². The molecular weight excluding hydrogens is 186 g/mol. The molecule has 0 aromatic heterocycles. The Hall–Kier alpha value is -0.730. The summed E-state index contributed by atoms with van der Waals surface area (Å²) in [5.41, 5.74) is 5.90. The highest BCUT2D eigenvalue weighted by Crippen LogP contribution is 2.32. The maximum absolute atomic E-state index is 5.90. The predicted octanol–water partition coefficient (Wildman–Crippen LogP) is 2.02. The van der Waals surface area contributed by atoms with Crippen molar-refractivity contribution in [1.82, 2.24) is 5.32 Å². The smallest absolute Gasteiger partial charge is 0.189 e. The molecule has 0 heterocycles. The first kappa shape index (κ1) is 10.8. The monoisotopic (exact) mass is 209 g/mol. The second kappa shape index (κ2) is 4.86. The first-order valence-electron chi connectivity index (χ1n) is 6.35. The highest BCUT2D eigenvalue weighted by Gasteiger charge is 2.32. The Labute approximate surface area is 92.5 Å². The van der Waals surface area contributed by atoms with Crippen molar-refractivity contribution in [3.8, 4) is 0 Å². The van der Waals surface area contributed by atoms with Crippen molar-refractivity contribution in [2.24, 2.45) is 16.6 Å². The van der Waals surface area contributed by atoms with Crippen LogP contribution in [0.2, 0.25) is 0 Å². The van der Waals surface area contributed by atoms with E-state index >= 15 is 0 Å². The molecule has 0 bridgehead atoms. The fourth-order valence-corrected chi connectivity index (χ4v) is 2.33. The van der Waals surface area contributed by atoms with Gasteiger partial charge in [-0.2, -0.15) is 0 Å². The Bertz CT molecular complexity index is 229. The molecule has 2 rings (SSSR count). The molecule has 2 atom stereocenters. The van der Waals surface area contributed by atoms with E-state index in [0.29, 0.717) is 18.0 Å². The van der Waals surface area contributed by atoms with Crippen LogP contribution in [0.5, 0.6) is 0 Å². The number of guanidine groups is 1. The first-order chi connectivity index (χ1) is 7.25. The van der Waals surface area contributed by atoms with Crippen molar-refractivity contribution in [1.29, 1.82) is 0 Å². The van der Waals surface area contributed by atoms with Crippen molar-refractivity contribution >= 4 is 5.96 Å². The van der Waals surface area contributed by atoms with Crippen LogP contribution in [0.1, 0.15) is 51.9 Å². The molecule has 2 unspecified atom stereocenters. The van der Waals surface area contributed by atoms with Crippen molar-refractivity contribution in [2.45, 2.75) is 64.0 Å². The summed E-state index contributed by atoms with van der Waals surface area (Å²) >= 11 is 0. The molecule has 0 spiro atoms. The minimum absolute atomic E-state index is 0.503. The summed E-state index contributed by atoms with van der Waals surface area (Å²) in [6.45, 7) is 2.23. The number of nitrogens with two attached hydrogens (primary N) is 1. The van der Waals surface area contributed by atoms with Crippen LogP contribution in [0.3, 0.4) is 0 Å². The lowest BCUT2D eigenvalue weighted by atomic mass is 10.1. The molecule has 0 amide bonds. The molecule has 2 aliphatic carbocycles. The molecule has 2 fully saturated rings. The Balaban J connectivity index is 1.76. The first-order valence-corrected chi connectivity index (χ1v) is 6.35. The zero-order valence-electron chi connectivity index (χ0n) is 9.71. The lowest BCUT2D eigenvalue weighted by Crippen LogP contribution is -2.40. The molecule has 86 valence electrons. The highest BCUT2D eigenvalue weighted by molar-refractivity contribution is 5.78. The van der Waals surface area contributed by atoms with Gasteiger partial charge in [-0.25, -0.2) is 4.99 Å². The maximum Gasteiger partial charge on any atom is 0.189 e. The second-order valence-electron chi connectivity index (χ2n) is 5.13. The van der Waals surface area contributed by atoms with Gasteiger partial charge in [-0.05, 0) is 25.2 Å². The van der Waals surface area contributed by atoms with Crippen LogP contribution in [0.15, 0.2) is 4.99 Å². The van der Waals surface area contributed by atoms with Crippen LogP contribution in [0.25, 0.3) is 0 Å². The van der Waals surface area contributed by atoms with Gasteiger partial charge in [0.25, 0.3) is 0 Å². The summed E-state index contributed by atoms with van der Waals surface area (Å²) in [6.07, 6.45) is 9.18. The molecule has 3 N–H and O–H groups in total. The number of rotatable bonds is 2. The summed E-state index contributed by atoms with van der Waals surface area (Å²) in [5.74, 6) is 1.43. The Kier molecular flexibility index (Phi) is 3.49. The van der Waals surface area contributed by atoms with Gasteiger partial charge in [0, 0.05) is 6.04 Å². The molecule has 0 saturated heterocycles. The molecule has 0 aliphatic heterocycles. The average molecular weight is 209 g/mol. The van der Waals surface area contributed by atoms with Gasteiger partial charge in [-0.3, -0.25) is 0 Å². The van der Waals surface area contributed by atoms with Crippen molar-refractivity contribution in [2.75, 3.05) is 0 Å². The fraction of sp³-hybridized carbons (Fsp3) is 0.917. The molecule has 2 saturated carbocycles. The van der Waals surface area contributed by atoms with E-state index in [2.05, 4.69) is 17.2 Å². The standard InChI is InChI=1S/C12H23N3/c1-9-8-11(9)15-12(13)14-10-6-4-2-3-5-7-10/h9-11H,2-8H2,1H3,(H3,13,14,15). The fourth-order valence-electron chi connectivity index (χ4n) is 2.33. The van der Waals surface area contributed by atoms with Gasteiger partial charge in [0.2, 0.25) is 0 Å². The molecular formula is C12H23N3. The van der Waals surface area contributed by atoms with Gasteiger partial charge in [0.1, 0.15) is 0 Å². The zero-order valence-corrected chi connectivity index (χ0v) is 9.71. The van der Waals surface area contributed by atoms with Crippen molar-refractivity contribution in [3.05, 3.63) is 0 Å². The van der Waals surface area contributed by atoms with Crippen LogP contribution in [-0.2, 0) is 0 Å². The van der Waals surface area contributed by atoms with Crippen molar-refractivity contribution < 1.29 is 0 Å². The third-order valence-corrected chi connectivity index (χ3v) is 3.58. The van der Waals surface area contributed by atoms with Crippen LogP contribution in [0, 0.1) is 5.92 Å². The van der Waals surface area contributed by atoms with Crippen LogP contribution >= 0.6 is 0 Å². The van der Waals surface area contributed by atoms with E-state index in [4.69, 9.17) is 5.73 Å². The Morgan fingerprint density at radius 2 is 1.80 bits per heavy atom. The van der Waals surface area contributed by atoms with Gasteiger partial charge < -0.3 is 11.1 Å². The van der Waals surface area contributed by atoms with Gasteiger partial charge in [-0.15, -0.1) is 0 Å². The molecule has 3 heteroatoms. The predicted molar refractivity (Wildman–Crippen MR) is 63.8 cm³/mol. The van der Waals surface area contributed by atoms with E-state index in [1.807, 2.05) is 0 Å². The van der Waals surface area contributed by atoms with Crippen LogP contribution < -0.4 is 11.1 Å². The number of nitrogens with one attached hydrogen (secondary N) is 1. The molecule has 0 radical (unpaired) electrons. The normalized spacial score (nSPS) is 33.5. The lowest BCUT2D eigenvalue weighted by molar-refractivity contribution is 0.530. The summed E-state index contributed by atoms with van der Waals surface area (Å²) in [6, 6.07) is 1.08. The van der Waals surface area contributed by atoms with Gasteiger partial charge in [0.15, 0.2) is 5.96 Å². The topological polar surface area (TPSA) is 50.4 Å². The third kappa shape index (κ3) is 3.40. The number of aliphatic imine (C=N–C) groups is 1. The highest BCUT2D eigenvalue weighted by atomic mass is 15.1. The lowest BCUT2D eigenvalue weighted by Gasteiger charge is -2.16. The van der Waals surface area contributed by atoms with E-state index in [-0.39, 0.29) is 0 Å². The number of nitrogens with zero attached hydrogens (tertiary/aromatic N) is 1. The van der Waals surface area contributed by atoms with Crippen LogP contribution in [-0.4, -0.2) is 18.0 Å². The van der Waals surface area contributed by atoms with E-state index in [1.54, 1.807) is 0 Å². The summed E-state index contributed by atoms with van der Waals surface area (Å²) in [4.78, 5) is 4.48. The van der Waals surface area contributed by atoms with Crippen molar-refractivity contribution in [3.63, 3.8) is 0 Å². The maximum atomic E-state index is 5.90. The molecule has 2 aliphatic rings. The van der Waals surface area contributed by atoms with E-state index in [0.717, 1.165) is 5.92 Å². The molecule has 3 nitrogen and oxygen atoms in total. The van der Waals surface area contributed by atoms with Gasteiger partial charge in [-0.1, -0.05) is 32.6 Å². The van der Waals surface area contributed by atoms with E-state index in [1.165, 1.54) is 44.9 Å². The third-order valence-electron chi connectivity index (χ3n) is 3.58. The molecule has 0 aromatic carbocycles. The minimum Gasteiger partial charge on any atom is -0.370 e. The Morgan fingerprint density at radius 1 is 1.20 bits per heavy atom. The summed E-state index contributed by atoms with van der Waals surface area (Å²) in [5, 5.41) is 3.38. The molecule has 15 heavy (non-hydrogen) atoms. The minimum atomic E-state index is 0.503. The van der Waals surface area contributed by atoms with E-state index in [9.17, 15) is 0 Å². The quantitative estimate of drug-likeness (QED) is 0.415. The summed E-state index contributed by atoms with van der Waals surface area (Å²) < 4.78 is 0. The zero-order chi connectivity index (χ0) is 10.7. The number of hydrogen-bond acceptors (Lipinski definition) is 1. The number of hydrogen-bond donors (Lipinski definition) is 2. The van der Waals surface area contributed by atoms with Crippen LogP contribution in [0.4, 0.5) is 0 Å². The Morgan fingerprint density at radius 3 is 2.33 bits per heavy atom. The molecule has 0 aromatic rings.